The van der Waals surface area contributed by atoms with Crippen LogP contribution in [-0.4, -0.2) is 29.1 Å². The summed E-state index contributed by atoms with van der Waals surface area (Å²) in [5.41, 5.74) is 0. The van der Waals surface area contributed by atoms with E-state index in [0.29, 0.717) is 6.17 Å². The first-order chi connectivity index (χ1) is 21.3. The normalized spacial score (nSPS) is 14.9. The van der Waals surface area contributed by atoms with Gasteiger partial charge in [0.2, 0.25) is 0 Å². The van der Waals surface area contributed by atoms with Crippen molar-refractivity contribution in [1.29, 1.82) is 0 Å². The van der Waals surface area contributed by atoms with Gasteiger partial charge in [0.1, 0.15) is 6.17 Å². The summed E-state index contributed by atoms with van der Waals surface area (Å²) in [5, 5.41) is 0. The van der Waals surface area contributed by atoms with Gasteiger partial charge in [0.15, 0.2) is 0 Å². The molecule has 0 spiro atoms. The van der Waals surface area contributed by atoms with Gasteiger partial charge < -0.3 is 9.80 Å². The van der Waals surface area contributed by atoms with Crippen LogP contribution in [0.25, 0.3) is 0 Å². The van der Waals surface area contributed by atoms with Crippen LogP contribution in [0, 0.1) is 0 Å². The Hall–Kier alpha value is -0.660. The Morgan fingerprint density at radius 2 is 0.535 bits per heavy atom. The van der Waals surface area contributed by atoms with Crippen molar-refractivity contribution in [2.24, 2.45) is 0 Å². The highest BCUT2D eigenvalue weighted by Crippen LogP contribution is 2.24. The zero-order valence-corrected chi connectivity index (χ0v) is 30.4. The summed E-state index contributed by atoms with van der Waals surface area (Å²) in [6.07, 6.45) is 52.9. The first-order valence-corrected chi connectivity index (χ1v) is 20.5. The largest absolute Gasteiger partial charge is 0.356 e. The average molecular weight is 603 g/mol. The molecule has 43 heavy (non-hydrogen) atoms. The molecule has 0 amide bonds. The summed E-state index contributed by atoms with van der Waals surface area (Å²) in [6, 6.07) is 0. The van der Waals surface area contributed by atoms with E-state index in [1.54, 1.807) is 0 Å². The molecule has 0 aromatic carbocycles. The van der Waals surface area contributed by atoms with Crippen LogP contribution < -0.4 is 0 Å². The lowest BCUT2D eigenvalue weighted by Crippen LogP contribution is -2.39. The van der Waals surface area contributed by atoms with Gasteiger partial charge in [0, 0.05) is 25.5 Å². The fourth-order valence-corrected chi connectivity index (χ4v) is 7.07. The van der Waals surface area contributed by atoms with Crippen molar-refractivity contribution in [3.05, 3.63) is 12.4 Å². The molecule has 0 aromatic heterocycles. The van der Waals surface area contributed by atoms with Gasteiger partial charge in [-0.05, 0) is 25.7 Å². The van der Waals surface area contributed by atoms with Crippen molar-refractivity contribution in [3.8, 4) is 0 Å². The molecule has 1 aliphatic rings. The van der Waals surface area contributed by atoms with E-state index >= 15 is 0 Å². The molecule has 0 saturated carbocycles. The van der Waals surface area contributed by atoms with Gasteiger partial charge in [-0.1, -0.05) is 207 Å². The molecule has 1 heterocycles. The summed E-state index contributed by atoms with van der Waals surface area (Å²) >= 11 is 0. The average Bonchev–Trinajstić information content (AvgIpc) is 3.40. The molecule has 0 saturated heterocycles. The highest BCUT2D eigenvalue weighted by molar-refractivity contribution is 4.97. The number of hydrogen-bond acceptors (Lipinski definition) is 2. The molecule has 1 aliphatic heterocycles. The Morgan fingerprint density at radius 1 is 0.302 bits per heavy atom. The highest BCUT2D eigenvalue weighted by Gasteiger charge is 2.24. The van der Waals surface area contributed by atoms with E-state index in [1.807, 2.05) is 0 Å². The second kappa shape index (κ2) is 32.7. The molecule has 0 radical (unpaired) electrons. The quantitative estimate of drug-likeness (QED) is 0.0666. The molecule has 0 fully saturated rings. The molecule has 0 aromatic rings. The van der Waals surface area contributed by atoms with Crippen molar-refractivity contribution in [2.75, 3.05) is 13.1 Å². The van der Waals surface area contributed by atoms with Crippen LogP contribution >= 0.6 is 0 Å². The lowest BCUT2D eigenvalue weighted by molar-refractivity contribution is 0.135. The molecule has 0 aliphatic carbocycles. The second-order valence-electron chi connectivity index (χ2n) is 14.3. The Balaban J connectivity index is 2.14. The minimum Gasteiger partial charge on any atom is -0.356 e. The predicted octanol–water partition coefficient (Wildman–Crippen LogP) is 14.3. The zero-order valence-electron chi connectivity index (χ0n) is 30.4. The molecule has 256 valence electrons. The molecule has 2 heteroatoms. The fourth-order valence-electron chi connectivity index (χ4n) is 7.07. The zero-order chi connectivity index (χ0) is 30.9. The monoisotopic (exact) mass is 603 g/mol. The SMILES string of the molecule is CCCCCCCCCCCCCCCCCN1C=CN(CCCCCCCCCCCCC)C1CCCCCCCC. The van der Waals surface area contributed by atoms with E-state index in [9.17, 15) is 0 Å². The third-order valence-electron chi connectivity index (χ3n) is 10.1. The molecule has 0 bridgehead atoms. The second-order valence-corrected chi connectivity index (χ2v) is 14.3. The van der Waals surface area contributed by atoms with Crippen molar-refractivity contribution < 1.29 is 0 Å². The van der Waals surface area contributed by atoms with Crippen LogP contribution in [-0.2, 0) is 0 Å². The Labute approximate surface area is 273 Å². The Morgan fingerprint density at radius 3 is 0.814 bits per heavy atom. The van der Waals surface area contributed by atoms with Crippen LogP contribution in [0.15, 0.2) is 12.4 Å². The molecule has 1 unspecified atom stereocenters. The predicted molar refractivity (Wildman–Crippen MR) is 196 cm³/mol. The first-order valence-electron chi connectivity index (χ1n) is 20.5. The maximum absolute atomic E-state index is 2.72. The molecule has 2 nitrogen and oxygen atoms in total. The molecular formula is C41H82N2. The summed E-state index contributed by atoms with van der Waals surface area (Å²) < 4.78 is 0. The molecule has 1 rings (SSSR count). The third kappa shape index (κ3) is 25.2. The van der Waals surface area contributed by atoms with Gasteiger partial charge >= 0.3 is 0 Å². The minimum absolute atomic E-state index is 0.640. The third-order valence-corrected chi connectivity index (χ3v) is 10.1. The Bertz CT molecular complexity index is 558. The summed E-state index contributed by atoms with van der Waals surface area (Å²) in [5.74, 6) is 0. The number of nitrogens with zero attached hydrogens (tertiary/aromatic N) is 2. The van der Waals surface area contributed by atoms with Crippen molar-refractivity contribution in [1.82, 2.24) is 9.80 Å². The topological polar surface area (TPSA) is 6.48 Å². The Kier molecular flexibility index (Phi) is 30.7. The van der Waals surface area contributed by atoms with Crippen LogP contribution in [0.5, 0.6) is 0 Å². The van der Waals surface area contributed by atoms with Gasteiger partial charge in [0.05, 0.1) is 0 Å². The molecular weight excluding hydrogens is 520 g/mol. The van der Waals surface area contributed by atoms with Crippen LogP contribution in [0.3, 0.4) is 0 Å². The minimum atomic E-state index is 0.640. The van der Waals surface area contributed by atoms with E-state index in [-0.39, 0.29) is 0 Å². The highest BCUT2D eigenvalue weighted by atomic mass is 15.4. The fraction of sp³-hybridized carbons (Fsp3) is 0.951. The maximum atomic E-state index is 2.72. The number of unbranched alkanes of at least 4 members (excludes halogenated alkanes) is 29. The smallest absolute Gasteiger partial charge is 0.101 e. The van der Waals surface area contributed by atoms with Gasteiger partial charge in [-0.3, -0.25) is 0 Å². The summed E-state index contributed by atoms with van der Waals surface area (Å²) in [6.45, 7) is 9.49. The number of rotatable bonds is 35. The van der Waals surface area contributed by atoms with Crippen molar-refractivity contribution in [3.63, 3.8) is 0 Å². The summed E-state index contributed by atoms with van der Waals surface area (Å²) in [7, 11) is 0. The van der Waals surface area contributed by atoms with E-state index in [0.717, 1.165) is 0 Å². The first kappa shape index (κ1) is 40.4. The molecule has 0 N–H and O–H groups in total. The van der Waals surface area contributed by atoms with E-state index in [1.165, 1.54) is 225 Å². The summed E-state index contributed by atoms with van der Waals surface area (Å²) in [4.78, 5) is 5.43. The van der Waals surface area contributed by atoms with Gasteiger partial charge in [-0.15, -0.1) is 0 Å². The maximum Gasteiger partial charge on any atom is 0.101 e. The van der Waals surface area contributed by atoms with Crippen LogP contribution in [0.1, 0.15) is 233 Å². The van der Waals surface area contributed by atoms with E-state index in [2.05, 4.69) is 43.0 Å². The van der Waals surface area contributed by atoms with E-state index < -0.39 is 0 Å². The van der Waals surface area contributed by atoms with Crippen molar-refractivity contribution in [2.45, 2.75) is 239 Å². The lowest BCUT2D eigenvalue weighted by atomic mass is 10.0. The van der Waals surface area contributed by atoms with Crippen molar-refractivity contribution >= 4 is 0 Å². The van der Waals surface area contributed by atoms with E-state index in [4.69, 9.17) is 0 Å². The lowest BCUT2D eigenvalue weighted by Gasteiger charge is -2.33. The van der Waals surface area contributed by atoms with Gasteiger partial charge in [-0.25, -0.2) is 0 Å². The number of hydrogen-bond donors (Lipinski definition) is 0. The van der Waals surface area contributed by atoms with Gasteiger partial charge in [0.25, 0.3) is 0 Å². The van der Waals surface area contributed by atoms with Gasteiger partial charge in [-0.2, -0.15) is 0 Å². The standard InChI is InChI=1S/C41H82N2/c1-4-7-10-13-16-18-20-21-22-23-25-27-29-32-35-38-43-40-39-42(41(43)36-33-30-15-12-9-6-3)37-34-31-28-26-24-19-17-14-11-8-5-2/h39-41H,4-38H2,1-3H3. The van der Waals surface area contributed by atoms with Crippen LogP contribution in [0.2, 0.25) is 0 Å². The van der Waals surface area contributed by atoms with Crippen LogP contribution in [0.4, 0.5) is 0 Å². The molecule has 1 atom stereocenters.